The van der Waals surface area contributed by atoms with Crippen LogP contribution in [0.25, 0.3) is 10.9 Å². The van der Waals surface area contributed by atoms with Gasteiger partial charge in [-0.15, -0.1) is 0 Å². The molecule has 1 N–H and O–H groups in total. The van der Waals surface area contributed by atoms with Gasteiger partial charge < -0.3 is 19.4 Å². The number of benzene rings is 1. The number of pyridine rings is 1. The molecular formula is C25H29N3O3. The lowest BCUT2D eigenvalue weighted by molar-refractivity contribution is -0.125. The van der Waals surface area contributed by atoms with E-state index in [0.29, 0.717) is 5.92 Å². The Balaban J connectivity index is 1.14. The maximum atomic E-state index is 13.0. The molecule has 2 aliphatic rings. The van der Waals surface area contributed by atoms with Crippen LogP contribution in [0.4, 0.5) is 0 Å². The number of H-pyrrole nitrogens is 1. The molecule has 31 heavy (non-hydrogen) atoms. The van der Waals surface area contributed by atoms with Crippen LogP contribution in [-0.2, 0) is 4.74 Å². The summed E-state index contributed by atoms with van der Waals surface area (Å²) in [7, 11) is 0. The zero-order valence-corrected chi connectivity index (χ0v) is 17.8. The van der Waals surface area contributed by atoms with E-state index in [9.17, 15) is 4.79 Å². The Bertz CT molecular complexity index is 1020. The number of fused-ring (bicyclic) bond motifs is 1. The third kappa shape index (κ3) is 4.44. The van der Waals surface area contributed by atoms with Crippen molar-refractivity contribution < 1.29 is 14.3 Å². The average Bonchev–Trinajstić information content (AvgIpc) is 3.28. The maximum Gasteiger partial charge on any atom is 0.253 e. The Labute approximate surface area is 182 Å². The van der Waals surface area contributed by atoms with Gasteiger partial charge in [-0.25, -0.2) is 0 Å². The SMILES string of the molecule is O=C(c1ccc2[nH]ccc2c1)N1CCC2(CC1)CC(CCOc1ccncc1)CCO2. The highest BCUT2D eigenvalue weighted by atomic mass is 16.5. The predicted molar refractivity (Wildman–Crippen MR) is 119 cm³/mol. The van der Waals surface area contributed by atoms with Gasteiger partial charge in [-0.1, -0.05) is 0 Å². The Kier molecular flexibility index (Phi) is 5.64. The van der Waals surface area contributed by atoms with Gasteiger partial charge in [0, 0.05) is 54.8 Å². The largest absolute Gasteiger partial charge is 0.493 e. The molecule has 162 valence electrons. The number of aromatic amines is 1. The highest BCUT2D eigenvalue weighted by Gasteiger charge is 2.41. The molecule has 4 heterocycles. The van der Waals surface area contributed by atoms with Crippen LogP contribution in [0.3, 0.4) is 0 Å². The predicted octanol–water partition coefficient (Wildman–Crippen LogP) is 4.43. The highest BCUT2D eigenvalue weighted by Crippen LogP contribution is 2.39. The fourth-order valence-electron chi connectivity index (χ4n) is 4.99. The molecule has 2 aromatic heterocycles. The van der Waals surface area contributed by atoms with Crippen LogP contribution in [0.1, 0.15) is 42.5 Å². The molecule has 6 nitrogen and oxygen atoms in total. The number of carbonyl (C=O) groups is 1. The number of aromatic nitrogens is 2. The molecule has 1 unspecified atom stereocenters. The first-order valence-corrected chi connectivity index (χ1v) is 11.2. The molecular weight excluding hydrogens is 390 g/mol. The lowest BCUT2D eigenvalue weighted by Crippen LogP contribution is -2.50. The van der Waals surface area contributed by atoms with E-state index in [1.54, 1.807) is 12.4 Å². The van der Waals surface area contributed by atoms with E-state index in [4.69, 9.17) is 9.47 Å². The minimum Gasteiger partial charge on any atom is -0.493 e. The first-order valence-electron chi connectivity index (χ1n) is 11.2. The van der Waals surface area contributed by atoms with Gasteiger partial charge >= 0.3 is 0 Å². The van der Waals surface area contributed by atoms with Crippen LogP contribution in [0.2, 0.25) is 0 Å². The molecule has 0 bridgehead atoms. The number of hydrogen-bond donors (Lipinski definition) is 1. The Morgan fingerprint density at radius 2 is 2.03 bits per heavy atom. The molecule has 1 amide bonds. The number of hydrogen-bond acceptors (Lipinski definition) is 4. The number of ether oxygens (including phenoxy) is 2. The molecule has 2 aliphatic heterocycles. The molecule has 6 heteroatoms. The first-order chi connectivity index (χ1) is 15.2. The van der Waals surface area contributed by atoms with E-state index in [1.807, 2.05) is 47.5 Å². The number of carbonyl (C=O) groups excluding carboxylic acids is 1. The molecule has 0 radical (unpaired) electrons. The zero-order valence-electron chi connectivity index (χ0n) is 17.8. The normalized spacial score (nSPS) is 20.8. The van der Waals surface area contributed by atoms with E-state index >= 15 is 0 Å². The van der Waals surface area contributed by atoms with Crippen molar-refractivity contribution in [3.63, 3.8) is 0 Å². The quantitative estimate of drug-likeness (QED) is 0.664. The second-order valence-corrected chi connectivity index (χ2v) is 8.78. The lowest BCUT2D eigenvalue weighted by Gasteiger charge is -2.46. The van der Waals surface area contributed by atoms with E-state index in [0.717, 1.165) is 80.6 Å². The van der Waals surface area contributed by atoms with Gasteiger partial charge in [0.2, 0.25) is 0 Å². The summed E-state index contributed by atoms with van der Waals surface area (Å²) in [5, 5.41) is 1.08. The van der Waals surface area contributed by atoms with Gasteiger partial charge in [0.1, 0.15) is 5.75 Å². The number of amides is 1. The Hall–Kier alpha value is -2.86. The summed E-state index contributed by atoms with van der Waals surface area (Å²) < 4.78 is 12.2. The minimum atomic E-state index is -0.0824. The third-order valence-corrected chi connectivity index (χ3v) is 6.80. The molecule has 3 aromatic rings. The Morgan fingerprint density at radius 1 is 1.19 bits per heavy atom. The molecule has 1 spiro atoms. The van der Waals surface area contributed by atoms with Crippen molar-refractivity contribution >= 4 is 16.8 Å². The maximum absolute atomic E-state index is 13.0. The van der Waals surface area contributed by atoms with Crippen LogP contribution in [0.5, 0.6) is 5.75 Å². The number of likely N-dealkylation sites (tertiary alicyclic amines) is 1. The topological polar surface area (TPSA) is 67.5 Å². The van der Waals surface area contributed by atoms with Crippen molar-refractivity contribution in [2.24, 2.45) is 5.92 Å². The summed E-state index contributed by atoms with van der Waals surface area (Å²) in [6, 6.07) is 11.7. The molecule has 0 aliphatic carbocycles. The van der Waals surface area contributed by atoms with Crippen molar-refractivity contribution in [3.05, 3.63) is 60.6 Å². The minimum absolute atomic E-state index is 0.0824. The Morgan fingerprint density at radius 3 is 2.87 bits per heavy atom. The van der Waals surface area contributed by atoms with Gasteiger partial charge in [-0.3, -0.25) is 9.78 Å². The summed E-state index contributed by atoms with van der Waals surface area (Å²) in [6.45, 7) is 3.03. The molecule has 2 fully saturated rings. The van der Waals surface area contributed by atoms with Gasteiger partial charge in [-0.2, -0.15) is 0 Å². The molecule has 0 saturated carbocycles. The van der Waals surface area contributed by atoms with Crippen LogP contribution in [0, 0.1) is 5.92 Å². The molecule has 2 saturated heterocycles. The monoisotopic (exact) mass is 419 g/mol. The fraction of sp³-hybridized carbons (Fsp3) is 0.440. The first kappa shape index (κ1) is 20.1. The van der Waals surface area contributed by atoms with Crippen LogP contribution in [0.15, 0.2) is 55.0 Å². The number of nitrogens with one attached hydrogen (secondary N) is 1. The second-order valence-electron chi connectivity index (χ2n) is 8.78. The van der Waals surface area contributed by atoms with E-state index in [2.05, 4.69) is 9.97 Å². The molecule has 1 atom stereocenters. The van der Waals surface area contributed by atoms with Gasteiger partial charge in [0.05, 0.1) is 12.2 Å². The summed E-state index contributed by atoms with van der Waals surface area (Å²) >= 11 is 0. The van der Waals surface area contributed by atoms with Crippen molar-refractivity contribution in [2.75, 3.05) is 26.3 Å². The second kappa shape index (κ2) is 8.71. The van der Waals surface area contributed by atoms with Gasteiger partial charge in [0.15, 0.2) is 0 Å². The lowest BCUT2D eigenvalue weighted by atomic mass is 9.78. The summed E-state index contributed by atoms with van der Waals surface area (Å²) in [4.78, 5) is 22.2. The number of nitrogens with zero attached hydrogens (tertiary/aromatic N) is 2. The number of piperidine rings is 1. The van der Waals surface area contributed by atoms with Crippen LogP contribution >= 0.6 is 0 Å². The van der Waals surface area contributed by atoms with E-state index in [-0.39, 0.29) is 11.5 Å². The van der Waals surface area contributed by atoms with Crippen molar-refractivity contribution in [1.29, 1.82) is 0 Å². The summed E-state index contributed by atoms with van der Waals surface area (Å²) in [5.41, 5.74) is 1.74. The van der Waals surface area contributed by atoms with Crippen LogP contribution < -0.4 is 4.74 Å². The van der Waals surface area contributed by atoms with Crippen molar-refractivity contribution in [1.82, 2.24) is 14.9 Å². The molecule has 1 aromatic carbocycles. The van der Waals surface area contributed by atoms with Gasteiger partial charge in [-0.05, 0) is 74.4 Å². The fourth-order valence-corrected chi connectivity index (χ4v) is 4.99. The molecule has 5 rings (SSSR count). The summed E-state index contributed by atoms with van der Waals surface area (Å²) in [6.07, 6.45) is 10.4. The highest BCUT2D eigenvalue weighted by molar-refractivity contribution is 5.98. The van der Waals surface area contributed by atoms with Gasteiger partial charge in [0.25, 0.3) is 5.91 Å². The van der Waals surface area contributed by atoms with E-state index in [1.165, 1.54) is 0 Å². The van der Waals surface area contributed by atoms with Crippen LogP contribution in [-0.4, -0.2) is 52.7 Å². The summed E-state index contributed by atoms with van der Waals surface area (Å²) in [5.74, 6) is 1.60. The third-order valence-electron chi connectivity index (χ3n) is 6.80. The number of rotatable bonds is 5. The van der Waals surface area contributed by atoms with E-state index < -0.39 is 0 Å². The zero-order chi connectivity index (χ0) is 21.1. The van der Waals surface area contributed by atoms with Crippen molar-refractivity contribution in [3.8, 4) is 5.75 Å². The standard InChI is InChI=1S/C25H29N3O3/c29-24(21-1-2-23-20(17-21)3-12-27-23)28-13-8-25(9-14-28)18-19(7-16-31-25)6-15-30-22-4-10-26-11-5-22/h1-5,10-12,17,19,27H,6-9,13-16,18H2. The smallest absolute Gasteiger partial charge is 0.253 e. The average molecular weight is 420 g/mol. The van der Waals surface area contributed by atoms with Crippen molar-refractivity contribution in [2.45, 2.75) is 37.7 Å².